The van der Waals surface area contributed by atoms with E-state index < -0.39 is 5.69 Å². The third kappa shape index (κ3) is 2.75. The van der Waals surface area contributed by atoms with E-state index in [9.17, 15) is 14.4 Å². The van der Waals surface area contributed by atoms with E-state index in [2.05, 4.69) is 4.98 Å². The number of carbonyl (C=O) groups is 1. The SMILES string of the molecule is CC(C)n1c(=O)[nH]c2cc(C(=O)N3CCOC[C@H]3C)ccc2c1=O. The van der Waals surface area contributed by atoms with Gasteiger partial charge in [0, 0.05) is 18.2 Å². The third-order valence-electron chi connectivity index (χ3n) is 4.32. The number of fused-ring (bicyclic) bond motifs is 1. The number of hydrogen-bond acceptors (Lipinski definition) is 4. The molecule has 1 aromatic heterocycles. The quantitative estimate of drug-likeness (QED) is 0.894. The smallest absolute Gasteiger partial charge is 0.329 e. The van der Waals surface area contributed by atoms with Crippen molar-refractivity contribution in [3.05, 3.63) is 44.6 Å². The van der Waals surface area contributed by atoms with Crippen molar-refractivity contribution < 1.29 is 9.53 Å². The Balaban J connectivity index is 2.06. The van der Waals surface area contributed by atoms with Gasteiger partial charge in [0.25, 0.3) is 11.5 Å². The molecule has 0 bridgehead atoms. The van der Waals surface area contributed by atoms with Crippen LogP contribution >= 0.6 is 0 Å². The van der Waals surface area contributed by atoms with E-state index in [1.807, 2.05) is 6.92 Å². The molecule has 1 aliphatic rings. The third-order valence-corrected chi connectivity index (χ3v) is 4.32. The minimum absolute atomic E-state index is 0.00469. The van der Waals surface area contributed by atoms with Crippen LogP contribution in [0.25, 0.3) is 10.9 Å². The van der Waals surface area contributed by atoms with Crippen molar-refractivity contribution in [1.29, 1.82) is 0 Å². The number of hydrogen-bond donors (Lipinski definition) is 1. The average molecular weight is 331 g/mol. The second-order valence-corrected chi connectivity index (χ2v) is 6.38. The summed E-state index contributed by atoms with van der Waals surface area (Å²) in [6.07, 6.45) is 0. The molecular weight excluding hydrogens is 310 g/mol. The number of benzene rings is 1. The summed E-state index contributed by atoms with van der Waals surface area (Å²) in [7, 11) is 0. The van der Waals surface area contributed by atoms with Crippen LogP contribution in [0.4, 0.5) is 0 Å². The van der Waals surface area contributed by atoms with Crippen LogP contribution in [0, 0.1) is 0 Å². The molecule has 3 rings (SSSR count). The Morgan fingerprint density at radius 2 is 2.08 bits per heavy atom. The maximum Gasteiger partial charge on any atom is 0.329 e. The number of H-pyrrole nitrogens is 1. The zero-order chi connectivity index (χ0) is 17.4. The van der Waals surface area contributed by atoms with E-state index in [4.69, 9.17) is 4.74 Å². The number of morpholine rings is 1. The summed E-state index contributed by atoms with van der Waals surface area (Å²) in [5, 5.41) is 0.398. The number of aromatic amines is 1. The lowest BCUT2D eigenvalue weighted by Gasteiger charge is -2.33. The van der Waals surface area contributed by atoms with Crippen molar-refractivity contribution in [2.75, 3.05) is 19.8 Å². The van der Waals surface area contributed by atoms with Gasteiger partial charge in [-0.25, -0.2) is 4.79 Å². The van der Waals surface area contributed by atoms with Crippen molar-refractivity contribution >= 4 is 16.8 Å². The number of nitrogens with one attached hydrogen (secondary N) is 1. The number of aromatic nitrogens is 2. The molecule has 1 atom stereocenters. The molecule has 1 aromatic carbocycles. The Morgan fingerprint density at radius 3 is 2.75 bits per heavy atom. The Hall–Kier alpha value is -2.41. The number of nitrogens with zero attached hydrogens (tertiary/aromatic N) is 2. The van der Waals surface area contributed by atoms with E-state index in [1.165, 1.54) is 4.57 Å². The van der Waals surface area contributed by atoms with Crippen molar-refractivity contribution in [3.63, 3.8) is 0 Å². The van der Waals surface area contributed by atoms with Crippen molar-refractivity contribution in [1.82, 2.24) is 14.5 Å². The van der Waals surface area contributed by atoms with Gasteiger partial charge in [-0.2, -0.15) is 0 Å². The van der Waals surface area contributed by atoms with Gasteiger partial charge in [-0.15, -0.1) is 0 Å². The van der Waals surface area contributed by atoms with Gasteiger partial charge in [0.2, 0.25) is 0 Å². The topological polar surface area (TPSA) is 84.4 Å². The maximum absolute atomic E-state index is 12.7. The summed E-state index contributed by atoms with van der Waals surface area (Å²) in [5.74, 6) is -0.124. The molecular formula is C17H21N3O4. The number of rotatable bonds is 2. The van der Waals surface area contributed by atoms with Crippen LogP contribution < -0.4 is 11.2 Å². The lowest BCUT2D eigenvalue weighted by molar-refractivity contribution is 0.00360. The minimum atomic E-state index is -0.466. The van der Waals surface area contributed by atoms with E-state index in [-0.39, 0.29) is 23.6 Å². The molecule has 24 heavy (non-hydrogen) atoms. The second kappa shape index (κ2) is 6.24. The van der Waals surface area contributed by atoms with Gasteiger partial charge in [-0.1, -0.05) is 0 Å². The van der Waals surface area contributed by atoms with Crippen LogP contribution in [0.15, 0.2) is 27.8 Å². The fraction of sp³-hybridized carbons (Fsp3) is 0.471. The first-order valence-corrected chi connectivity index (χ1v) is 8.07. The fourth-order valence-electron chi connectivity index (χ4n) is 3.03. The largest absolute Gasteiger partial charge is 0.377 e. The molecule has 2 aromatic rings. The molecule has 1 aliphatic heterocycles. The molecule has 7 nitrogen and oxygen atoms in total. The maximum atomic E-state index is 12.7. The summed E-state index contributed by atoms with van der Waals surface area (Å²) < 4.78 is 6.52. The van der Waals surface area contributed by atoms with E-state index in [0.717, 1.165) is 0 Å². The predicted octanol–water partition coefficient (Wildman–Crippen LogP) is 1.13. The van der Waals surface area contributed by atoms with Crippen molar-refractivity contribution in [2.45, 2.75) is 32.9 Å². The van der Waals surface area contributed by atoms with Gasteiger partial charge < -0.3 is 14.6 Å². The van der Waals surface area contributed by atoms with Gasteiger partial charge in [-0.05, 0) is 39.0 Å². The lowest BCUT2D eigenvalue weighted by atomic mass is 10.1. The Morgan fingerprint density at radius 1 is 1.33 bits per heavy atom. The molecule has 0 unspecified atom stereocenters. The zero-order valence-electron chi connectivity index (χ0n) is 14.0. The highest BCUT2D eigenvalue weighted by Crippen LogP contribution is 2.15. The molecule has 0 saturated carbocycles. The highest BCUT2D eigenvalue weighted by atomic mass is 16.5. The van der Waals surface area contributed by atoms with Crippen LogP contribution in [0.5, 0.6) is 0 Å². The molecule has 0 aliphatic carbocycles. The summed E-state index contributed by atoms with van der Waals surface area (Å²) in [5.41, 5.74) is 0.0246. The van der Waals surface area contributed by atoms with Crippen LogP contribution in [0.2, 0.25) is 0 Å². The van der Waals surface area contributed by atoms with Gasteiger partial charge in [0.15, 0.2) is 0 Å². The summed E-state index contributed by atoms with van der Waals surface area (Å²) in [6.45, 7) is 7.04. The predicted molar refractivity (Wildman–Crippen MR) is 90.5 cm³/mol. The lowest BCUT2D eigenvalue weighted by Crippen LogP contribution is -2.47. The molecule has 1 fully saturated rings. The zero-order valence-corrected chi connectivity index (χ0v) is 14.0. The second-order valence-electron chi connectivity index (χ2n) is 6.38. The molecule has 1 amide bonds. The molecule has 2 heterocycles. The Bertz CT molecular complexity index is 897. The highest BCUT2D eigenvalue weighted by molar-refractivity contribution is 5.97. The average Bonchev–Trinajstić information content (AvgIpc) is 2.53. The van der Waals surface area contributed by atoms with Crippen LogP contribution in [0.1, 0.15) is 37.2 Å². The minimum Gasteiger partial charge on any atom is -0.377 e. The van der Waals surface area contributed by atoms with Gasteiger partial charge in [-0.3, -0.25) is 14.2 Å². The molecule has 7 heteroatoms. The monoisotopic (exact) mass is 331 g/mol. The van der Waals surface area contributed by atoms with E-state index in [1.54, 1.807) is 36.9 Å². The first-order chi connectivity index (χ1) is 11.4. The molecule has 1 N–H and O–H groups in total. The van der Waals surface area contributed by atoms with Gasteiger partial charge >= 0.3 is 5.69 Å². The number of ether oxygens (including phenoxy) is 1. The molecule has 128 valence electrons. The van der Waals surface area contributed by atoms with Crippen LogP contribution in [0.3, 0.4) is 0 Å². The Labute approximate surface area is 138 Å². The summed E-state index contributed by atoms with van der Waals surface area (Å²) in [6, 6.07) is 4.58. The highest BCUT2D eigenvalue weighted by Gasteiger charge is 2.25. The number of carbonyl (C=O) groups excluding carboxylic acids is 1. The first kappa shape index (κ1) is 16.4. The van der Waals surface area contributed by atoms with Gasteiger partial charge in [0.1, 0.15) is 0 Å². The number of amides is 1. The summed E-state index contributed by atoms with van der Waals surface area (Å²) >= 11 is 0. The van der Waals surface area contributed by atoms with E-state index >= 15 is 0 Å². The molecule has 1 saturated heterocycles. The fourth-order valence-corrected chi connectivity index (χ4v) is 3.03. The van der Waals surface area contributed by atoms with Crippen molar-refractivity contribution in [3.8, 4) is 0 Å². The van der Waals surface area contributed by atoms with Gasteiger partial charge in [0.05, 0.1) is 30.2 Å². The standard InChI is InChI=1S/C17H21N3O4/c1-10(2)20-16(22)13-5-4-12(8-14(13)18-17(20)23)15(21)19-6-7-24-9-11(19)3/h4-5,8,10-11H,6-7,9H2,1-3H3,(H,18,23)/t11-/m1/s1. The molecule has 0 radical (unpaired) electrons. The van der Waals surface area contributed by atoms with Crippen molar-refractivity contribution in [2.24, 2.45) is 0 Å². The first-order valence-electron chi connectivity index (χ1n) is 8.07. The summed E-state index contributed by atoms with van der Waals surface area (Å²) in [4.78, 5) is 41.7. The van der Waals surface area contributed by atoms with Crippen LogP contribution in [-0.4, -0.2) is 46.2 Å². The molecule has 0 spiro atoms. The Kier molecular flexibility index (Phi) is 4.28. The van der Waals surface area contributed by atoms with Crippen LogP contribution in [-0.2, 0) is 4.74 Å². The van der Waals surface area contributed by atoms with E-state index in [0.29, 0.717) is 36.2 Å². The normalized spacial score (nSPS) is 18.3.